The van der Waals surface area contributed by atoms with Crippen molar-refractivity contribution in [1.82, 2.24) is 4.90 Å². The van der Waals surface area contributed by atoms with Gasteiger partial charge in [-0.15, -0.1) is 0 Å². The molecule has 0 bridgehead atoms. The van der Waals surface area contributed by atoms with Gasteiger partial charge in [-0.3, -0.25) is 4.79 Å². The van der Waals surface area contributed by atoms with Crippen molar-refractivity contribution in [2.75, 3.05) is 27.9 Å². The SMILES string of the molecule is COc1ccc(/C=N/OCC(=O)N(C)Cc2ccccc2C)cc1OC. The average Bonchev–Trinajstić information content (AvgIpc) is 2.66. The van der Waals surface area contributed by atoms with E-state index in [0.717, 1.165) is 16.7 Å². The van der Waals surface area contributed by atoms with Gasteiger partial charge in [-0.2, -0.15) is 0 Å². The number of oxime groups is 1. The molecule has 0 heterocycles. The van der Waals surface area contributed by atoms with E-state index >= 15 is 0 Å². The molecule has 0 saturated heterocycles. The van der Waals surface area contributed by atoms with Gasteiger partial charge in [0.05, 0.1) is 20.4 Å². The zero-order chi connectivity index (χ0) is 18.9. The molecule has 0 aliphatic carbocycles. The summed E-state index contributed by atoms with van der Waals surface area (Å²) in [6.07, 6.45) is 1.52. The van der Waals surface area contributed by atoms with Crippen LogP contribution in [-0.2, 0) is 16.2 Å². The van der Waals surface area contributed by atoms with Crippen LogP contribution in [0.25, 0.3) is 0 Å². The largest absolute Gasteiger partial charge is 0.493 e. The van der Waals surface area contributed by atoms with Crippen LogP contribution in [0.1, 0.15) is 16.7 Å². The molecule has 2 rings (SSSR count). The van der Waals surface area contributed by atoms with Crippen molar-refractivity contribution in [1.29, 1.82) is 0 Å². The van der Waals surface area contributed by atoms with E-state index in [9.17, 15) is 4.79 Å². The molecule has 138 valence electrons. The fourth-order valence-corrected chi connectivity index (χ4v) is 2.37. The molecular weight excluding hydrogens is 332 g/mol. The Bertz CT molecular complexity index is 774. The van der Waals surface area contributed by atoms with Crippen molar-refractivity contribution in [3.8, 4) is 11.5 Å². The standard InChI is InChI=1S/C20H24N2O4/c1-15-7-5-6-8-17(15)13-22(2)20(23)14-26-21-12-16-9-10-18(24-3)19(11-16)25-4/h5-12H,13-14H2,1-4H3/b21-12+. The van der Waals surface area contributed by atoms with Crippen molar-refractivity contribution in [3.63, 3.8) is 0 Å². The topological polar surface area (TPSA) is 60.4 Å². The third-order valence-electron chi connectivity index (χ3n) is 3.97. The molecule has 0 unspecified atom stereocenters. The zero-order valence-electron chi connectivity index (χ0n) is 15.6. The average molecular weight is 356 g/mol. The second-order valence-corrected chi connectivity index (χ2v) is 5.80. The lowest BCUT2D eigenvalue weighted by atomic mass is 10.1. The number of ether oxygens (including phenoxy) is 2. The number of benzene rings is 2. The van der Waals surface area contributed by atoms with Crippen LogP contribution in [0.5, 0.6) is 11.5 Å². The van der Waals surface area contributed by atoms with Crippen LogP contribution in [0.15, 0.2) is 47.6 Å². The summed E-state index contributed by atoms with van der Waals surface area (Å²) in [5.74, 6) is 1.10. The molecule has 2 aromatic rings. The number of hydrogen-bond acceptors (Lipinski definition) is 5. The van der Waals surface area contributed by atoms with Crippen LogP contribution < -0.4 is 9.47 Å². The van der Waals surface area contributed by atoms with Gasteiger partial charge in [0.2, 0.25) is 0 Å². The molecule has 6 heteroatoms. The zero-order valence-corrected chi connectivity index (χ0v) is 15.6. The summed E-state index contributed by atoms with van der Waals surface area (Å²) in [5, 5.41) is 3.85. The van der Waals surface area contributed by atoms with E-state index in [0.29, 0.717) is 18.0 Å². The summed E-state index contributed by atoms with van der Waals surface area (Å²) in [5.41, 5.74) is 3.04. The fourth-order valence-electron chi connectivity index (χ4n) is 2.37. The molecule has 0 N–H and O–H groups in total. The van der Waals surface area contributed by atoms with Crippen molar-refractivity contribution in [2.24, 2.45) is 5.16 Å². The minimum Gasteiger partial charge on any atom is -0.493 e. The van der Waals surface area contributed by atoms with Gasteiger partial charge >= 0.3 is 0 Å². The van der Waals surface area contributed by atoms with Gasteiger partial charge in [-0.25, -0.2) is 0 Å². The Kier molecular flexibility index (Phi) is 7.02. The normalized spacial score (nSPS) is 10.6. The summed E-state index contributed by atoms with van der Waals surface area (Å²) in [6, 6.07) is 13.4. The van der Waals surface area contributed by atoms with E-state index in [1.807, 2.05) is 37.3 Å². The van der Waals surface area contributed by atoms with Crippen molar-refractivity contribution >= 4 is 12.1 Å². The molecule has 0 atom stereocenters. The summed E-state index contributed by atoms with van der Waals surface area (Å²) >= 11 is 0. The third-order valence-corrected chi connectivity index (χ3v) is 3.97. The number of hydrogen-bond donors (Lipinski definition) is 0. The lowest BCUT2D eigenvalue weighted by Crippen LogP contribution is -2.29. The number of carbonyl (C=O) groups excluding carboxylic acids is 1. The van der Waals surface area contributed by atoms with E-state index in [2.05, 4.69) is 5.16 Å². The molecule has 0 radical (unpaired) electrons. The molecule has 0 fully saturated rings. The molecular formula is C20H24N2O4. The maximum absolute atomic E-state index is 12.1. The van der Waals surface area contributed by atoms with Crippen LogP contribution >= 0.6 is 0 Å². The number of rotatable bonds is 8. The van der Waals surface area contributed by atoms with E-state index in [1.54, 1.807) is 38.3 Å². The highest BCUT2D eigenvalue weighted by Gasteiger charge is 2.11. The third kappa shape index (κ3) is 5.24. The first-order valence-corrected chi connectivity index (χ1v) is 8.21. The number of likely N-dealkylation sites (N-methyl/N-ethyl adjacent to an activating group) is 1. The minimum absolute atomic E-state index is 0.119. The van der Waals surface area contributed by atoms with Crippen LogP contribution in [0.2, 0.25) is 0 Å². The summed E-state index contributed by atoms with van der Waals surface area (Å²) in [7, 11) is 4.89. The number of aryl methyl sites for hydroxylation is 1. The Balaban J connectivity index is 1.85. The summed E-state index contributed by atoms with van der Waals surface area (Å²) < 4.78 is 10.4. The van der Waals surface area contributed by atoms with Gasteiger partial charge in [0.15, 0.2) is 18.1 Å². The first-order valence-electron chi connectivity index (χ1n) is 8.21. The predicted molar refractivity (Wildman–Crippen MR) is 101 cm³/mol. The van der Waals surface area contributed by atoms with E-state index in [-0.39, 0.29) is 12.5 Å². The van der Waals surface area contributed by atoms with Crippen molar-refractivity contribution in [3.05, 3.63) is 59.2 Å². The summed E-state index contributed by atoms with van der Waals surface area (Å²) in [6.45, 7) is 2.44. The lowest BCUT2D eigenvalue weighted by molar-refractivity contribution is -0.135. The molecule has 0 aliphatic heterocycles. The monoisotopic (exact) mass is 356 g/mol. The summed E-state index contributed by atoms with van der Waals surface area (Å²) in [4.78, 5) is 18.9. The number of amides is 1. The highest BCUT2D eigenvalue weighted by Crippen LogP contribution is 2.26. The highest BCUT2D eigenvalue weighted by atomic mass is 16.6. The first kappa shape index (κ1) is 19.3. The second kappa shape index (κ2) is 9.46. The van der Waals surface area contributed by atoms with E-state index in [1.165, 1.54) is 6.21 Å². The van der Waals surface area contributed by atoms with E-state index < -0.39 is 0 Å². The van der Waals surface area contributed by atoms with Crippen molar-refractivity contribution in [2.45, 2.75) is 13.5 Å². The Labute approximate surface area is 154 Å². The van der Waals surface area contributed by atoms with Gasteiger partial charge in [0.1, 0.15) is 0 Å². The quantitative estimate of drug-likeness (QED) is 0.539. The van der Waals surface area contributed by atoms with Gasteiger partial charge in [-0.05, 0) is 36.2 Å². The number of carbonyl (C=O) groups is 1. The molecule has 2 aromatic carbocycles. The molecule has 0 aromatic heterocycles. The molecule has 6 nitrogen and oxygen atoms in total. The predicted octanol–water partition coefficient (Wildman–Crippen LogP) is 3.02. The Hall–Kier alpha value is -3.02. The van der Waals surface area contributed by atoms with Gasteiger partial charge in [0, 0.05) is 19.2 Å². The Morgan fingerprint density at radius 2 is 1.85 bits per heavy atom. The molecule has 0 aliphatic rings. The molecule has 26 heavy (non-hydrogen) atoms. The maximum atomic E-state index is 12.1. The van der Waals surface area contributed by atoms with Gasteiger partial charge < -0.3 is 19.2 Å². The van der Waals surface area contributed by atoms with Crippen LogP contribution in [0, 0.1) is 6.92 Å². The van der Waals surface area contributed by atoms with Crippen LogP contribution in [0.4, 0.5) is 0 Å². The van der Waals surface area contributed by atoms with Crippen LogP contribution in [-0.4, -0.2) is 44.9 Å². The fraction of sp³-hybridized carbons (Fsp3) is 0.300. The smallest absolute Gasteiger partial charge is 0.263 e. The minimum atomic E-state index is -0.141. The molecule has 0 saturated carbocycles. The number of nitrogens with zero attached hydrogens (tertiary/aromatic N) is 2. The van der Waals surface area contributed by atoms with E-state index in [4.69, 9.17) is 14.3 Å². The maximum Gasteiger partial charge on any atom is 0.263 e. The second-order valence-electron chi connectivity index (χ2n) is 5.80. The first-order chi connectivity index (χ1) is 12.5. The van der Waals surface area contributed by atoms with Crippen LogP contribution in [0.3, 0.4) is 0 Å². The number of methoxy groups -OCH3 is 2. The van der Waals surface area contributed by atoms with Gasteiger partial charge in [0.25, 0.3) is 5.91 Å². The molecule has 0 spiro atoms. The lowest BCUT2D eigenvalue weighted by Gasteiger charge is -2.17. The Morgan fingerprint density at radius 3 is 2.54 bits per heavy atom. The highest BCUT2D eigenvalue weighted by molar-refractivity contribution is 5.81. The Morgan fingerprint density at radius 1 is 1.12 bits per heavy atom. The van der Waals surface area contributed by atoms with Crippen molar-refractivity contribution < 1.29 is 19.1 Å². The van der Waals surface area contributed by atoms with Gasteiger partial charge in [-0.1, -0.05) is 29.4 Å². The molecule has 1 amide bonds.